The maximum absolute atomic E-state index is 14.7. The van der Waals surface area contributed by atoms with E-state index in [-0.39, 0.29) is 11.7 Å². The first kappa shape index (κ1) is 20.0. The standard InChI is InChI=1S/C24H16FN7O/c25-19-10-17(4-7-22(19)33-18-5-6-20-16(9-18)13-28-32-20)29-23-11-21(30-24(27)31-23)15-3-1-2-14(8-15)12-26/h1-11,13H,(H,28,32)(H3,27,29,30,31). The quantitative estimate of drug-likeness (QED) is 0.347. The first-order valence-electron chi connectivity index (χ1n) is 9.90. The molecule has 160 valence electrons. The number of hydrogen-bond donors (Lipinski definition) is 3. The van der Waals surface area contributed by atoms with Crippen molar-refractivity contribution in [2.75, 3.05) is 11.1 Å². The van der Waals surface area contributed by atoms with Gasteiger partial charge in [0.05, 0.1) is 29.0 Å². The molecule has 0 spiro atoms. The molecule has 0 aliphatic heterocycles. The van der Waals surface area contributed by atoms with Crippen molar-refractivity contribution < 1.29 is 9.13 Å². The van der Waals surface area contributed by atoms with Gasteiger partial charge in [0.15, 0.2) is 11.6 Å². The summed E-state index contributed by atoms with van der Waals surface area (Å²) < 4.78 is 20.4. The highest BCUT2D eigenvalue weighted by molar-refractivity contribution is 5.79. The third-order valence-electron chi connectivity index (χ3n) is 4.87. The number of nitrogens with zero attached hydrogens (tertiary/aromatic N) is 4. The largest absolute Gasteiger partial charge is 0.454 e. The predicted molar refractivity (Wildman–Crippen MR) is 122 cm³/mol. The number of hydrogen-bond acceptors (Lipinski definition) is 7. The van der Waals surface area contributed by atoms with E-state index >= 15 is 0 Å². The third kappa shape index (κ3) is 4.26. The molecule has 0 unspecified atom stereocenters. The summed E-state index contributed by atoms with van der Waals surface area (Å²) in [6.07, 6.45) is 1.67. The fourth-order valence-electron chi connectivity index (χ4n) is 3.35. The number of nitrogens with two attached hydrogens (primary N) is 1. The average molecular weight is 437 g/mol. The smallest absolute Gasteiger partial charge is 0.222 e. The number of fused-ring (bicyclic) bond motifs is 1. The molecule has 0 amide bonds. The van der Waals surface area contributed by atoms with Gasteiger partial charge in [-0.15, -0.1) is 0 Å². The number of nitrogen functional groups attached to an aromatic ring is 1. The highest BCUT2D eigenvalue weighted by Crippen LogP contribution is 2.30. The van der Waals surface area contributed by atoms with E-state index in [4.69, 9.17) is 15.7 Å². The van der Waals surface area contributed by atoms with Gasteiger partial charge < -0.3 is 15.8 Å². The fraction of sp³-hybridized carbons (Fsp3) is 0. The van der Waals surface area contributed by atoms with Gasteiger partial charge in [-0.3, -0.25) is 5.10 Å². The first-order chi connectivity index (χ1) is 16.1. The Hall–Kier alpha value is -4.97. The van der Waals surface area contributed by atoms with Crippen LogP contribution in [-0.2, 0) is 0 Å². The monoisotopic (exact) mass is 437 g/mol. The molecule has 0 aliphatic carbocycles. The Morgan fingerprint density at radius 3 is 2.79 bits per heavy atom. The zero-order chi connectivity index (χ0) is 22.8. The van der Waals surface area contributed by atoms with Crippen LogP contribution in [-0.4, -0.2) is 20.2 Å². The zero-order valence-electron chi connectivity index (χ0n) is 17.1. The van der Waals surface area contributed by atoms with Crippen molar-refractivity contribution >= 4 is 28.4 Å². The summed E-state index contributed by atoms with van der Waals surface area (Å²) in [7, 11) is 0. The molecule has 33 heavy (non-hydrogen) atoms. The third-order valence-corrected chi connectivity index (χ3v) is 4.87. The lowest BCUT2D eigenvalue weighted by Crippen LogP contribution is -2.02. The van der Waals surface area contributed by atoms with E-state index in [0.717, 1.165) is 16.5 Å². The molecular formula is C24H16FN7O. The second kappa shape index (κ2) is 8.28. The second-order valence-corrected chi connectivity index (χ2v) is 7.18. The minimum absolute atomic E-state index is 0.0485. The van der Waals surface area contributed by atoms with Crippen molar-refractivity contribution in [3.8, 4) is 28.8 Å². The van der Waals surface area contributed by atoms with Crippen LogP contribution in [0, 0.1) is 17.1 Å². The number of anilines is 3. The summed E-state index contributed by atoms with van der Waals surface area (Å²) in [5.41, 5.74) is 8.95. The SMILES string of the molecule is N#Cc1cccc(-c2cc(Nc3ccc(Oc4ccc5[nH]ncc5c4)c(F)c3)nc(N)n2)c1. The Morgan fingerprint density at radius 2 is 1.94 bits per heavy atom. The minimum atomic E-state index is -0.545. The predicted octanol–water partition coefficient (Wildman–Crippen LogP) is 5.15. The molecule has 3 aromatic carbocycles. The van der Waals surface area contributed by atoms with Crippen LogP contribution in [0.15, 0.2) is 72.9 Å². The van der Waals surface area contributed by atoms with E-state index in [9.17, 15) is 4.39 Å². The van der Waals surface area contributed by atoms with Crippen molar-refractivity contribution in [2.45, 2.75) is 0 Å². The van der Waals surface area contributed by atoms with Crippen molar-refractivity contribution in [1.82, 2.24) is 20.2 Å². The molecular weight excluding hydrogens is 421 g/mol. The lowest BCUT2D eigenvalue weighted by Gasteiger charge is -2.11. The number of benzene rings is 3. The van der Waals surface area contributed by atoms with Crippen LogP contribution in [0.2, 0.25) is 0 Å². The molecule has 2 heterocycles. The van der Waals surface area contributed by atoms with Crippen molar-refractivity contribution in [2.24, 2.45) is 0 Å². The van der Waals surface area contributed by atoms with Crippen LogP contribution >= 0.6 is 0 Å². The van der Waals surface area contributed by atoms with Gasteiger partial charge in [0, 0.05) is 28.8 Å². The Labute approximate surface area is 187 Å². The van der Waals surface area contributed by atoms with Crippen LogP contribution < -0.4 is 15.8 Å². The summed E-state index contributed by atoms with van der Waals surface area (Å²) in [5, 5.41) is 19.8. The van der Waals surface area contributed by atoms with E-state index in [2.05, 4.69) is 31.6 Å². The van der Waals surface area contributed by atoms with Gasteiger partial charge in [-0.2, -0.15) is 15.3 Å². The van der Waals surface area contributed by atoms with Gasteiger partial charge in [-0.05, 0) is 42.5 Å². The Kier molecular flexibility index (Phi) is 5.01. The number of nitriles is 1. The number of H-pyrrole nitrogens is 1. The van der Waals surface area contributed by atoms with Crippen molar-refractivity contribution in [3.63, 3.8) is 0 Å². The van der Waals surface area contributed by atoms with E-state index < -0.39 is 5.82 Å². The van der Waals surface area contributed by atoms with Crippen LogP contribution in [0.3, 0.4) is 0 Å². The van der Waals surface area contributed by atoms with Crippen molar-refractivity contribution in [1.29, 1.82) is 5.26 Å². The van der Waals surface area contributed by atoms with Crippen molar-refractivity contribution in [3.05, 3.63) is 84.3 Å². The lowest BCUT2D eigenvalue weighted by molar-refractivity contribution is 0.443. The number of ether oxygens (including phenoxy) is 1. The van der Waals surface area contributed by atoms with E-state index in [1.165, 1.54) is 12.1 Å². The molecule has 9 heteroatoms. The highest BCUT2D eigenvalue weighted by atomic mass is 19.1. The molecule has 0 fully saturated rings. The van der Waals surface area contributed by atoms with E-state index in [1.807, 2.05) is 12.1 Å². The molecule has 0 bridgehead atoms. The maximum Gasteiger partial charge on any atom is 0.222 e. The van der Waals surface area contributed by atoms with Crippen LogP contribution in [0.5, 0.6) is 11.5 Å². The molecule has 8 nitrogen and oxygen atoms in total. The molecule has 0 atom stereocenters. The van der Waals surface area contributed by atoms with Gasteiger partial charge in [0.2, 0.25) is 5.95 Å². The molecule has 4 N–H and O–H groups in total. The fourth-order valence-corrected chi connectivity index (χ4v) is 3.35. The minimum Gasteiger partial charge on any atom is -0.454 e. The van der Waals surface area contributed by atoms with Crippen LogP contribution in [0.25, 0.3) is 22.2 Å². The van der Waals surface area contributed by atoms with Gasteiger partial charge in [0.25, 0.3) is 0 Å². The number of rotatable bonds is 5. The van der Waals surface area contributed by atoms with Gasteiger partial charge in [0.1, 0.15) is 11.6 Å². The molecule has 2 aromatic heterocycles. The summed E-state index contributed by atoms with van der Waals surface area (Å²) in [6, 6.07) is 20.6. The molecule has 0 saturated carbocycles. The zero-order valence-corrected chi connectivity index (χ0v) is 17.1. The van der Waals surface area contributed by atoms with Gasteiger partial charge in [-0.25, -0.2) is 9.37 Å². The summed E-state index contributed by atoms with van der Waals surface area (Å²) in [6.45, 7) is 0. The number of aromatic amines is 1. The Balaban J connectivity index is 1.37. The van der Waals surface area contributed by atoms with Crippen LogP contribution in [0.1, 0.15) is 5.56 Å². The Morgan fingerprint density at radius 1 is 1.03 bits per heavy atom. The summed E-state index contributed by atoms with van der Waals surface area (Å²) in [5.74, 6) is 0.470. The van der Waals surface area contributed by atoms with E-state index in [0.29, 0.717) is 28.5 Å². The second-order valence-electron chi connectivity index (χ2n) is 7.18. The maximum atomic E-state index is 14.7. The molecule has 5 rings (SSSR count). The first-order valence-corrected chi connectivity index (χ1v) is 9.90. The number of nitrogens with one attached hydrogen (secondary N) is 2. The number of halogens is 1. The summed E-state index contributed by atoms with van der Waals surface area (Å²) in [4.78, 5) is 8.40. The molecule has 0 aliphatic rings. The molecule has 5 aromatic rings. The van der Waals surface area contributed by atoms with Crippen LogP contribution in [0.4, 0.5) is 21.8 Å². The number of aromatic nitrogens is 4. The normalized spacial score (nSPS) is 10.7. The van der Waals surface area contributed by atoms with E-state index in [1.54, 1.807) is 48.7 Å². The average Bonchev–Trinajstić information content (AvgIpc) is 3.28. The van der Waals surface area contributed by atoms with Gasteiger partial charge in [-0.1, -0.05) is 12.1 Å². The molecule has 0 radical (unpaired) electrons. The summed E-state index contributed by atoms with van der Waals surface area (Å²) >= 11 is 0. The lowest BCUT2D eigenvalue weighted by atomic mass is 10.1. The van der Waals surface area contributed by atoms with Gasteiger partial charge >= 0.3 is 0 Å². The Bertz CT molecular complexity index is 1520. The highest BCUT2D eigenvalue weighted by Gasteiger charge is 2.10. The topological polar surface area (TPSA) is 126 Å². The molecule has 0 saturated heterocycles.